The van der Waals surface area contributed by atoms with Crippen LogP contribution in [0.3, 0.4) is 0 Å². The summed E-state index contributed by atoms with van der Waals surface area (Å²) in [6.45, 7) is 3.74. The molecule has 28 heavy (non-hydrogen) atoms. The van der Waals surface area contributed by atoms with Crippen molar-refractivity contribution in [3.8, 4) is 0 Å². The Balaban J connectivity index is 2.13. The van der Waals surface area contributed by atoms with E-state index in [1.54, 1.807) is 0 Å². The number of hydrogen-bond donors (Lipinski definition) is 3. The van der Waals surface area contributed by atoms with E-state index in [1.165, 1.54) is 36.4 Å². The molecule has 1 atom stereocenters. The van der Waals surface area contributed by atoms with Crippen molar-refractivity contribution in [2.75, 3.05) is 5.32 Å². The fourth-order valence-electron chi connectivity index (χ4n) is 2.43. The summed E-state index contributed by atoms with van der Waals surface area (Å²) in [5, 5.41) is 2.53. The predicted molar refractivity (Wildman–Crippen MR) is 104 cm³/mol. The Kier molecular flexibility index (Phi) is 6.87. The molecule has 2 aromatic rings. The molecule has 0 heterocycles. The zero-order chi connectivity index (χ0) is 20.9. The standard InChI is InChI=1S/C19H22FN3O4S/c1-12(2)10-17(21)19(25)23-28(26,27)16-5-3-4-15(11-16)22-18(24)13-6-8-14(20)9-7-13/h3-9,11-12,17H,10,21H2,1-2H3,(H,22,24)(H,23,25)/t17-/m0/s1. The monoisotopic (exact) mass is 407 g/mol. The summed E-state index contributed by atoms with van der Waals surface area (Å²) < 4.78 is 39.8. The smallest absolute Gasteiger partial charge is 0.264 e. The number of sulfonamides is 1. The largest absolute Gasteiger partial charge is 0.322 e. The fourth-order valence-corrected chi connectivity index (χ4v) is 3.50. The van der Waals surface area contributed by atoms with Crippen molar-refractivity contribution in [2.45, 2.75) is 31.2 Å². The van der Waals surface area contributed by atoms with Gasteiger partial charge in [0, 0.05) is 11.3 Å². The highest BCUT2D eigenvalue weighted by molar-refractivity contribution is 7.90. The average Bonchev–Trinajstić information content (AvgIpc) is 2.61. The van der Waals surface area contributed by atoms with Crippen LogP contribution in [0.4, 0.5) is 10.1 Å². The van der Waals surface area contributed by atoms with Crippen LogP contribution in [0, 0.1) is 11.7 Å². The number of nitrogens with two attached hydrogens (primary N) is 1. The van der Waals surface area contributed by atoms with Crippen molar-refractivity contribution in [1.29, 1.82) is 0 Å². The van der Waals surface area contributed by atoms with E-state index >= 15 is 0 Å². The van der Waals surface area contributed by atoms with Gasteiger partial charge in [-0.2, -0.15) is 0 Å². The number of nitrogens with one attached hydrogen (secondary N) is 2. The molecular weight excluding hydrogens is 385 g/mol. The lowest BCUT2D eigenvalue weighted by atomic mass is 10.0. The Morgan fingerprint density at radius 1 is 1.11 bits per heavy atom. The van der Waals surface area contributed by atoms with E-state index < -0.39 is 33.7 Å². The maximum Gasteiger partial charge on any atom is 0.264 e. The molecule has 0 unspecified atom stereocenters. The first-order valence-corrected chi connectivity index (χ1v) is 10.1. The fraction of sp³-hybridized carbons (Fsp3) is 0.263. The molecule has 0 radical (unpaired) electrons. The van der Waals surface area contributed by atoms with Crippen LogP contribution in [0.15, 0.2) is 53.4 Å². The van der Waals surface area contributed by atoms with Gasteiger partial charge in [0.25, 0.3) is 21.8 Å². The summed E-state index contributed by atoms with van der Waals surface area (Å²) >= 11 is 0. The Morgan fingerprint density at radius 2 is 1.75 bits per heavy atom. The third kappa shape index (κ3) is 5.86. The van der Waals surface area contributed by atoms with Gasteiger partial charge in [0.15, 0.2) is 0 Å². The second-order valence-electron chi connectivity index (χ2n) is 6.69. The number of benzene rings is 2. The first-order valence-electron chi connectivity index (χ1n) is 8.57. The SMILES string of the molecule is CC(C)C[C@H](N)C(=O)NS(=O)(=O)c1cccc(NC(=O)c2ccc(F)cc2)c1. The minimum absolute atomic E-state index is 0.133. The maximum absolute atomic E-state index is 13.0. The summed E-state index contributed by atoms with van der Waals surface area (Å²) in [6.07, 6.45) is 0.342. The van der Waals surface area contributed by atoms with Crippen molar-refractivity contribution in [1.82, 2.24) is 4.72 Å². The molecular formula is C19H22FN3O4S. The van der Waals surface area contributed by atoms with E-state index in [4.69, 9.17) is 5.73 Å². The molecule has 0 aliphatic carbocycles. The van der Waals surface area contributed by atoms with E-state index in [0.29, 0.717) is 6.42 Å². The van der Waals surface area contributed by atoms with Crippen LogP contribution in [-0.4, -0.2) is 26.3 Å². The number of carbonyl (C=O) groups excluding carboxylic acids is 2. The third-order valence-electron chi connectivity index (χ3n) is 3.81. The third-order valence-corrected chi connectivity index (χ3v) is 5.15. The quantitative estimate of drug-likeness (QED) is 0.651. The van der Waals surface area contributed by atoms with Gasteiger partial charge in [0.1, 0.15) is 5.82 Å². The topological polar surface area (TPSA) is 118 Å². The number of amides is 2. The molecule has 2 aromatic carbocycles. The minimum Gasteiger partial charge on any atom is -0.322 e. The molecule has 150 valence electrons. The molecule has 2 rings (SSSR count). The second-order valence-corrected chi connectivity index (χ2v) is 8.38. The molecule has 0 spiro atoms. The zero-order valence-corrected chi connectivity index (χ0v) is 16.3. The minimum atomic E-state index is -4.15. The maximum atomic E-state index is 13.0. The second kappa shape index (κ2) is 8.94. The van der Waals surface area contributed by atoms with Gasteiger partial charge in [-0.05, 0) is 54.8 Å². The molecule has 2 amide bonds. The van der Waals surface area contributed by atoms with Crippen LogP contribution >= 0.6 is 0 Å². The first kappa shape index (κ1) is 21.5. The highest BCUT2D eigenvalue weighted by atomic mass is 32.2. The van der Waals surface area contributed by atoms with Crippen LogP contribution in [0.1, 0.15) is 30.6 Å². The van der Waals surface area contributed by atoms with Gasteiger partial charge in [-0.3, -0.25) is 9.59 Å². The zero-order valence-electron chi connectivity index (χ0n) is 15.5. The van der Waals surface area contributed by atoms with Crippen molar-refractivity contribution in [2.24, 2.45) is 11.7 Å². The molecule has 7 nitrogen and oxygen atoms in total. The molecule has 0 saturated heterocycles. The lowest BCUT2D eigenvalue weighted by Crippen LogP contribution is -2.43. The predicted octanol–water partition coefficient (Wildman–Crippen LogP) is 2.26. The number of rotatable bonds is 7. The van der Waals surface area contributed by atoms with Gasteiger partial charge in [-0.1, -0.05) is 19.9 Å². The van der Waals surface area contributed by atoms with Crippen LogP contribution in [0.5, 0.6) is 0 Å². The number of anilines is 1. The average molecular weight is 407 g/mol. The van der Waals surface area contributed by atoms with Crippen molar-refractivity contribution in [3.05, 3.63) is 59.9 Å². The molecule has 0 aliphatic heterocycles. The van der Waals surface area contributed by atoms with Gasteiger partial charge >= 0.3 is 0 Å². The Morgan fingerprint density at radius 3 is 2.36 bits per heavy atom. The van der Waals surface area contributed by atoms with E-state index in [1.807, 2.05) is 18.6 Å². The van der Waals surface area contributed by atoms with Gasteiger partial charge in [0.05, 0.1) is 10.9 Å². The molecule has 0 fully saturated rings. The van der Waals surface area contributed by atoms with Gasteiger partial charge in [-0.25, -0.2) is 17.5 Å². The highest BCUT2D eigenvalue weighted by Gasteiger charge is 2.23. The highest BCUT2D eigenvalue weighted by Crippen LogP contribution is 2.17. The summed E-state index contributed by atoms with van der Waals surface area (Å²) in [5.74, 6) is -1.67. The molecule has 0 bridgehead atoms. The lowest BCUT2D eigenvalue weighted by molar-refractivity contribution is -0.120. The van der Waals surface area contributed by atoms with E-state index in [-0.39, 0.29) is 22.1 Å². The summed E-state index contributed by atoms with van der Waals surface area (Å²) in [5.41, 5.74) is 6.13. The van der Waals surface area contributed by atoms with Crippen LogP contribution in [0.2, 0.25) is 0 Å². The van der Waals surface area contributed by atoms with Crippen molar-refractivity contribution in [3.63, 3.8) is 0 Å². The molecule has 0 saturated carbocycles. The van der Waals surface area contributed by atoms with E-state index in [0.717, 1.165) is 12.1 Å². The van der Waals surface area contributed by atoms with Crippen LogP contribution in [-0.2, 0) is 14.8 Å². The summed E-state index contributed by atoms with van der Waals surface area (Å²) in [6, 6.07) is 9.37. The van der Waals surface area contributed by atoms with Crippen molar-refractivity contribution < 1.29 is 22.4 Å². The van der Waals surface area contributed by atoms with Crippen LogP contribution < -0.4 is 15.8 Å². The van der Waals surface area contributed by atoms with E-state index in [2.05, 4.69) is 5.32 Å². The molecule has 0 aliphatic rings. The number of halogens is 1. The number of carbonyl (C=O) groups is 2. The Bertz CT molecular complexity index is 959. The van der Waals surface area contributed by atoms with Gasteiger partial charge in [-0.15, -0.1) is 0 Å². The van der Waals surface area contributed by atoms with Gasteiger partial charge < -0.3 is 11.1 Å². The summed E-state index contributed by atoms with van der Waals surface area (Å²) in [7, 11) is -4.15. The molecule has 0 aromatic heterocycles. The molecule has 9 heteroatoms. The van der Waals surface area contributed by atoms with Gasteiger partial charge in [0.2, 0.25) is 0 Å². The first-order chi connectivity index (χ1) is 13.1. The molecule has 4 N–H and O–H groups in total. The Labute approximate surface area is 163 Å². The lowest BCUT2D eigenvalue weighted by Gasteiger charge is -2.15. The number of hydrogen-bond acceptors (Lipinski definition) is 5. The Hall–Kier alpha value is -2.78. The summed E-state index contributed by atoms with van der Waals surface area (Å²) in [4.78, 5) is 24.0. The van der Waals surface area contributed by atoms with E-state index in [9.17, 15) is 22.4 Å². The van der Waals surface area contributed by atoms with Crippen LogP contribution in [0.25, 0.3) is 0 Å². The normalized spacial score (nSPS) is 12.5. The van der Waals surface area contributed by atoms with Crippen molar-refractivity contribution >= 4 is 27.5 Å².